The molecule has 2 heterocycles. The van der Waals surface area contributed by atoms with Crippen molar-refractivity contribution in [2.75, 3.05) is 6.54 Å². The second-order valence-electron chi connectivity index (χ2n) is 6.34. The van der Waals surface area contributed by atoms with Crippen LogP contribution in [0.5, 0.6) is 0 Å². The van der Waals surface area contributed by atoms with Gasteiger partial charge in [-0.25, -0.2) is 4.98 Å². The molecule has 1 aliphatic rings. The molecule has 1 amide bonds. The van der Waals surface area contributed by atoms with Gasteiger partial charge in [-0.2, -0.15) is 0 Å². The fourth-order valence-corrected chi connectivity index (χ4v) is 3.39. The van der Waals surface area contributed by atoms with Crippen LogP contribution < -0.4 is 0 Å². The molecular formula is C19H25N3O. The largest absolute Gasteiger partial charge is 0.338 e. The van der Waals surface area contributed by atoms with Crippen LogP contribution in [0, 0.1) is 0 Å². The molecule has 2 aromatic rings. The number of likely N-dealkylation sites (tertiary alicyclic amines) is 1. The van der Waals surface area contributed by atoms with Crippen LogP contribution in [-0.4, -0.2) is 32.9 Å². The second kappa shape index (κ2) is 7.44. The van der Waals surface area contributed by atoms with Crippen LogP contribution >= 0.6 is 0 Å². The highest BCUT2D eigenvalue weighted by atomic mass is 16.2. The Balaban J connectivity index is 1.61. The maximum atomic E-state index is 12.6. The highest BCUT2D eigenvalue weighted by Gasteiger charge is 2.25. The normalized spacial score (nSPS) is 18.1. The zero-order valence-electron chi connectivity index (χ0n) is 13.8. The fraction of sp³-hybridized carbons (Fsp3) is 0.474. The maximum absolute atomic E-state index is 12.6. The Kier molecular flexibility index (Phi) is 5.11. The number of carbonyl (C=O) groups excluding carboxylic acids is 1. The number of benzene rings is 1. The van der Waals surface area contributed by atoms with Gasteiger partial charge in [0.25, 0.3) is 0 Å². The quantitative estimate of drug-likeness (QED) is 0.850. The second-order valence-corrected chi connectivity index (χ2v) is 6.34. The Hall–Kier alpha value is -2.10. The summed E-state index contributed by atoms with van der Waals surface area (Å²) in [5, 5.41) is 0. The Morgan fingerprint density at radius 3 is 2.87 bits per heavy atom. The van der Waals surface area contributed by atoms with Gasteiger partial charge in [-0.15, -0.1) is 0 Å². The van der Waals surface area contributed by atoms with Crippen molar-refractivity contribution in [1.29, 1.82) is 0 Å². The van der Waals surface area contributed by atoms with Gasteiger partial charge in [0.1, 0.15) is 6.54 Å². The van der Waals surface area contributed by atoms with Crippen LogP contribution in [0.1, 0.15) is 43.9 Å². The lowest BCUT2D eigenvalue weighted by Gasteiger charge is -2.35. The number of imidazole rings is 1. The van der Waals surface area contributed by atoms with E-state index in [2.05, 4.69) is 28.9 Å². The lowest BCUT2D eigenvalue weighted by Crippen LogP contribution is -2.44. The Bertz CT molecular complexity index is 635. The standard InChI is InChI=1S/C19H25N3O/c1-2-18-10-6-7-11-22(18)19(23)14-21-13-17(20-15-21)12-16-8-4-3-5-9-16/h3-5,8-9,13,15,18H,2,6-7,10-12,14H2,1H3. The summed E-state index contributed by atoms with van der Waals surface area (Å²) in [7, 11) is 0. The third-order valence-electron chi connectivity index (χ3n) is 4.65. The Morgan fingerprint density at radius 1 is 1.26 bits per heavy atom. The van der Waals surface area contributed by atoms with E-state index in [-0.39, 0.29) is 5.91 Å². The van der Waals surface area contributed by atoms with Crippen molar-refractivity contribution < 1.29 is 4.79 Å². The van der Waals surface area contributed by atoms with Gasteiger partial charge in [0, 0.05) is 25.2 Å². The van der Waals surface area contributed by atoms with Crippen molar-refractivity contribution in [3.8, 4) is 0 Å². The lowest BCUT2D eigenvalue weighted by atomic mass is 10.00. The highest BCUT2D eigenvalue weighted by Crippen LogP contribution is 2.20. The van der Waals surface area contributed by atoms with E-state index < -0.39 is 0 Å². The number of hydrogen-bond donors (Lipinski definition) is 0. The predicted octanol–water partition coefficient (Wildman–Crippen LogP) is 3.27. The van der Waals surface area contributed by atoms with Crippen LogP contribution in [0.15, 0.2) is 42.9 Å². The van der Waals surface area contributed by atoms with E-state index in [0.717, 1.165) is 37.9 Å². The summed E-state index contributed by atoms with van der Waals surface area (Å²) < 4.78 is 1.92. The van der Waals surface area contributed by atoms with Crippen molar-refractivity contribution in [2.45, 2.75) is 51.6 Å². The van der Waals surface area contributed by atoms with E-state index in [1.54, 1.807) is 6.33 Å². The topological polar surface area (TPSA) is 38.1 Å². The van der Waals surface area contributed by atoms with Crippen LogP contribution in [0.2, 0.25) is 0 Å². The van der Waals surface area contributed by atoms with Crippen LogP contribution in [-0.2, 0) is 17.8 Å². The zero-order chi connectivity index (χ0) is 16.1. The van der Waals surface area contributed by atoms with Crippen molar-refractivity contribution in [3.05, 3.63) is 54.1 Å². The molecule has 1 aromatic carbocycles. The molecule has 3 rings (SSSR count). The summed E-state index contributed by atoms with van der Waals surface area (Å²) in [5.41, 5.74) is 2.25. The van der Waals surface area contributed by atoms with Gasteiger partial charge in [-0.3, -0.25) is 4.79 Å². The maximum Gasteiger partial charge on any atom is 0.242 e. The molecule has 1 fully saturated rings. The average Bonchev–Trinajstić information content (AvgIpc) is 3.02. The van der Waals surface area contributed by atoms with Crippen molar-refractivity contribution in [2.24, 2.45) is 0 Å². The number of rotatable bonds is 5. The summed E-state index contributed by atoms with van der Waals surface area (Å²) in [6.45, 7) is 3.48. The summed E-state index contributed by atoms with van der Waals surface area (Å²) in [4.78, 5) is 19.1. The zero-order valence-corrected chi connectivity index (χ0v) is 13.8. The molecule has 1 aromatic heterocycles. The van der Waals surface area contributed by atoms with Crippen molar-refractivity contribution in [1.82, 2.24) is 14.5 Å². The van der Waals surface area contributed by atoms with Gasteiger partial charge in [0.2, 0.25) is 5.91 Å². The first-order chi connectivity index (χ1) is 11.3. The third kappa shape index (κ3) is 4.01. The molecular weight excluding hydrogens is 286 g/mol. The van der Waals surface area contributed by atoms with Crippen LogP contribution in [0.4, 0.5) is 0 Å². The summed E-state index contributed by atoms with van der Waals surface area (Å²) in [5.74, 6) is 0.222. The monoisotopic (exact) mass is 311 g/mol. The molecule has 0 N–H and O–H groups in total. The minimum absolute atomic E-state index is 0.222. The predicted molar refractivity (Wildman–Crippen MR) is 91.1 cm³/mol. The third-order valence-corrected chi connectivity index (χ3v) is 4.65. The molecule has 0 aliphatic carbocycles. The number of nitrogens with zero attached hydrogens (tertiary/aromatic N) is 3. The molecule has 4 heteroatoms. The first kappa shape index (κ1) is 15.8. The van der Waals surface area contributed by atoms with Crippen LogP contribution in [0.25, 0.3) is 0 Å². The summed E-state index contributed by atoms with van der Waals surface area (Å²) in [6.07, 6.45) is 9.15. The first-order valence-corrected chi connectivity index (χ1v) is 8.60. The Labute approximate surface area is 138 Å². The molecule has 1 saturated heterocycles. The molecule has 1 aliphatic heterocycles. The van der Waals surface area contributed by atoms with E-state index in [1.165, 1.54) is 12.0 Å². The molecule has 0 spiro atoms. The van der Waals surface area contributed by atoms with E-state index in [9.17, 15) is 4.79 Å². The Morgan fingerprint density at radius 2 is 2.09 bits per heavy atom. The number of piperidine rings is 1. The summed E-state index contributed by atoms with van der Waals surface area (Å²) >= 11 is 0. The minimum atomic E-state index is 0.222. The van der Waals surface area contributed by atoms with E-state index in [1.807, 2.05) is 29.0 Å². The smallest absolute Gasteiger partial charge is 0.242 e. The highest BCUT2D eigenvalue weighted by molar-refractivity contribution is 5.76. The van der Waals surface area contributed by atoms with Gasteiger partial charge in [-0.05, 0) is 31.2 Å². The van der Waals surface area contributed by atoms with Gasteiger partial charge in [0.05, 0.1) is 12.0 Å². The molecule has 1 unspecified atom stereocenters. The summed E-state index contributed by atoms with van der Waals surface area (Å²) in [6, 6.07) is 10.7. The van der Waals surface area contributed by atoms with Gasteiger partial charge in [-0.1, -0.05) is 37.3 Å². The lowest BCUT2D eigenvalue weighted by molar-refractivity contribution is -0.135. The molecule has 0 bridgehead atoms. The van der Waals surface area contributed by atoms with E-state index >= 15 is 0 Å². The minimum Gasteiger partial charge on any atom is -0.338 e. The van der Waals surface area contributed by atoms with Crippen molar-refractivity contribution >= 4 is 5.91 Å². The van der Waals surface area contributed by atoms with Crippen molar-refractivity contribution in [3.63, 3.8) is 0 Å². The van der Waals surface area contributed by atoms with Gasteiger partial charge in [0.15, 0.2) is 0 Å². The average molecular weight is 311 g/mol. The SMILES string of the molecule is CCC1CCCCN1C(=O)Cn1cnc(Cc2ccccc2)c1. The molecule has 122 valence electrons. The van der Waals surface area contributed by atoms with E-state index in [4.69, 9.17) is 0 Å². The molecule has 0 saturated carbocycles. The van der Waals surface area contributed by atoms with Gasteiger partial charge >= 0.3 is 0 Å². The number of hydrogen-bond acceptors (Lipinski definition) is 2. The number of aromatic nitrogens is 2. The van der Waals surface area contributed by atoms with E-state index in [0.29, 0.717) is 12.6 Å². The van der Waals surface area contributed by atoms with Gasteiger partial charge < -0.3 is 9.47 Å². The fourth-order valence-electron chi connectivity index (χ4n) is 3.39. The first-order valence-electron chi connectivity index (χ1n) is 8.60. The molecule has 4 nitrogen and oxygen atoms in total. The van der Waals surface area contributed by atoms with Crippen LogP contribution in [0.3, 0.4) is 0 Å². The molecule has 1 atom stereocenters. The molecule has 0 radical (unpaired) electrons. The number of carbonyl (C=O) groups is 1. The number of amides is 1. The molecule has 23 heavy (non-hydrogen) atoms.